The Balaban J connectivity index is 2.40. The van der Waals surface area contributed by atoms with Crippen LogP contribution in [0.15, 0.2) is 36.8 Å². The van der Waals surface area contributed by atoms with Gasteiger partial charge in [-0.15, -0.1) is 0 Å². The summed E-state index contributed by atoms with van der Waals surface area (Å²) in [6.07, 6.45) is 5.24. The fourth-order valence-corrected chi connectivity index (χ4v) is 1.37. The minimum absolute atomic E-state index is 0.0140. The lowest BCUT2D eigenvalue weighted by Gasteiger charge is -2.02. The summed E-state index contributed by atoms with van der Waals surface area (Å²) in [5.74, 6) is 0. The Morgan fingerprint density at radius 3 is 2.67 bits per heavy atom. The number of aliphatic hydroxyl groups is 1. The predicted octanol–water partition coefficient (Wildman–Crippen LogP) is 1.94. The standard InChI is InChI=1S/C12H12N2O/c1-9-2-3-11(7-14-9)12-4-10(8-15)5-13-6-12/h2-7,15H,8H2,1H3. The van der Waals surface area contributed by atoms with Crippen LogP contribution in [0.1, 0.15) is 11.3 Å². The van der Waals surface area contributed by atoms with E-state index in [4.69, 9.17) is 5.11 Å². The maximum Gasteiger partial charge on any atom is 0.0697 e. The lowest BCUT2D eigenvalue weighted by molar-refractivity contribution is 0.281. The molecular formula is C12H12N2O. The first kappa shape index (κ1) is 9.80. The molecule has 76 valence electrons. The predicted molar refractivity (Wildman–Crippen MR) is 58.1 cm³/mol. The maximum absolute atomic E-state index is 9.00. The van der Waals surface area contributed by atoms with Gasteiger partial charge in [0.25, 0.3) is 0 Å². The second-order valence-corrected chi connectivity index (χ2v) is 3.43. The summed E-state index contributed by atoms with van der Waals surface area (Å²) >= 11 is 0. The number of rotatable bonds is 2. The van der Waals surface area contributed by atoms with E-state index in [2.05, 4.69) is 9.97 Å². The Hall–Kier alpha value is -1.74. The quantitative estimate of drug-likeness (QED) is 0.805. The van der Waals surface area contributed by atoms with Gasteiger partial charge in [0.1, 0.15) is 0 Å². The van der Waals surface area contributed by atoms with Crippen molar-refractivity contribution < 1.29 is 5.11 Å². The molecule has 3 nitrogen and oxygen atoms in total. The molecule has 1 N–H and O–H groups in total. The van der Waals surface area contributed by atoms with Gasteiger partial charge < -0.3 is 5.11 Å². The van der Waals surface area contributed by atoms with Crippen molar-refractivity contribution in [2.45, 2.75) is 13.5 Å². The molecule has 3 heteroatoms. The summed E-state index contributed by atoms with van der Waals surface area (Å²) in [6, 6.07) is 5.88. The molecule has 2 aromatic rings. The highest BCUT2D eigenvalue weighted by Crippen LogP contribution is 2.18. The van der Waals surface area contributed by atoms with Crippen molar-refractivity contribution in [2.75, 3.05) is 0 Å². The molecule has 0 saturated heterocycles. The van der Waals surface area contributed by atoms with E-state index in [-0.39, 0.29) is 6.61 Å². The van der Waals surface area contributed by atoms with Crippen molar-refractivity contribution in [3.05, 3.63) is 48.0 Å². The van der Waals surface area contributed by atoms with Gasteiger partial charge in [-0.25, -0.2) is 0 Å². The fourth-order valence-electron chi connectivity index (χ4n) is 1.37. The normalized spacial score (nSPS) is 10.3. The van der Waals surface area contributed by atoms with Crippen LogP contribution in [0.5, 0.6) is 0 Å². The Kier molecular flexibility index (Phi) is 2.74. The molecule has 0 amide bonds. The van der Waals surface area contributed by atoms with Gasteiger partial charge in [0.2, 0.25) is 0 Å². The molecule has 0 spiro atoms. The molecule has 2 rings (SSSR count). The number of aryl methyl sites for hydroxylation is 1. The highest BCUT2D eigenvalue weighted by molar-refractivity contribution is 5.61. The minimum atomic E-state index is 0.0140. The third kappa shape index (κ3) is 2.19. The van der Waals surface area contributed by atoms with Crippen LogP contribution in [0.4, 0.5) is 0 Å². The van der Waals surface area contributed by atoms with Gasteiger partial charge in [-0.05, 0) is 24.6 Å². The smallest absolute Gasteiger partial charge is 0.0697 e. The van der Waals surface area contributed by atoms with Crippen molar-refractivity contribution in [3.63, 3.8) is 0 Å². The summed E-state index contributed by atoms with van der Waals surface area (Å²) in [5, 5.41) is 9.00. The van der Waals surface area contributed by atoms with Crippen LogP contribution >= 0.6 is 0 Å². The summed E-state index contributed by atoms with van der Waals surface area (Å²) < 4.78 is 0. The van der Waals surface area contributed by atoms with Gasteiger partial charge in [-0.1, -0.05) is 6.07 Å². The van der Waals surface area contributed by atoms with Gasteiger partial charge in [0.05, 0.1) is 6.61 Å². The number of aliphatic hydroxyl groups excluding tert-OH is 1. The average Bonchev–Trinajstić information content (AvgIpc) is 2.30. The number of hydrogen-bond donors (Lipinski definition) is 1. The largest absolute Gasteiger partial charge is 0.392 e. The van der Waals surface area contributed by atoms with Crippen LogP contribution < -0.4 is 0 Å². The first-order valence-electron chi connectivity index (χ1n) is 4.77. The Bertz CT molecular complexity index is 451. The molecule has 0 aromatic carbocycles. The van der Waals surface area contributed by atoms with Crippen molar-refractivity contribution in [1.29, 1.82) is 0 Å². The maximum atomic E-state index is 9.00. The molecule has 0 aliphatic rings. The van der Waals surface area contributed by atoms with Gasteiger partial charge in [-0.2, -0.15) is 0 Å². The molecule has 0 bridgehead atoms. The Morgan fingerprint density at radius 2 is 2.00 bits per heavy atom. The summed E-state index contributed by atoms with van der Waals surface area (Å²) in [5.41, 5.74) is 3.80. The van der Waals surface area contributed by atoms with E-state index in [1.165, 1.54) is 0 Å². The van der Waals surface area contributed by atoms with Gasteiger partial charge in [0, 0.05) is 35.4 Å². The molecule has 0 fully saturated rings. The lowest BCUT2D eigenvalue weighted by Crippen LogP contribution is -1.88. The zero-order valence-electron chi connectivity index (χ0n) is 8.51. The Morgan fingerprint density at radius 1 is 1.13 bits per heavy atom. The first-order chi connectivity index (χ1) is 7.29. The van der Waals surface area contributed by atoms with Gasteiger partial charge >= 0.3 is 0 Å². The summed E-state index contributed by atoms with van der Waals surface area (Å²) in [7, 11) is 0. The van der Waals surface area contributed by atoms with Crippen molar-refractivity contribution in [2.24, 2.45) is 0 Å². The minimum Gasteiger partial charge on any atom is -0.392 e. The first-order valence-corrected chi connectivity index (χ1v) is 4.77. The third-order valence-corrected chi connectivity index (χ3v) is 2.22. The summed E-state index contributed by atoms with van der Waals surface area (Å²) in [6.45, 7) is 1.96. The summed E-state index contributed by atoms with van der Waals surface area (Å²) in [4.78, 5) is 8.29. The molecule has 2 aromatic heterocycles. The van der Waals surface area contributed by atoms with E-state index < -0.39 is 0 Å². The van der Waals surface area contributed by atoms with Crippen LogP contribution in [0.2, 0.25) is 0 Å². The highest BCUT2D eigenvalue weighted by atomic mass is 16.3. The Labute approximate surface area is 88.5 Å². The van der Waals surface area contributed by atoms with Crippen LogP contribution in [-0.2, 0) is 6.61 Å². The van der Waals surface area contributed by atoms with Crippen molar-refractivity contribution in [1.82, 2.24) is 9.97 Å². The van der Waals surface area contributed by atoms with Crippen molar-refractivity contribution in [3.8, 4) is 11.1 Å². The number of nitrogens with zero attached hydrogens (tertiary/aromatic N) is 2. The zero-order valence-corrected chi connectivity index (χ0v) is 8.51. The van der Waals surface area contributed by atoms with Gasteiger partial charge in [-0.3, -0.25) is 9.97 Å². The highest BCUT2D eigenvalue weighted by Gasteiger charge is 1.99. The van der Waals surface area contributed by atoms with E-state index in [0.717, 1.165) is 22.4 Å². The lowest BCUT2D eigenvalue weighted by atomic mass is 10.1. The van der Waals surface area contributed by atoms with E-state index in [1.807, 2.05) is 31.3 Å². The monoisotopic (exact) mass is 200 g/mol. The van der Waals surface area contributed by atoms with E-state index >= 15 is 0 Å². The molecule has 0 saturated carbocycles. The molecule has 0 aliphatic carbocycles. The number of aromatic nitrogens is 2. The van der Waals surface area contributed by atoms with E-state index in [9.17, 15) is 0 Å². The molecule has 0 atom stereocenters. The van der Waals surface area contributed by atoms with Crippen LogP contribution in [0, 0.1) is 6.92 Å². The SMILES string of the molecule is Cc1ccc(-c2cncc(CO)c2)cn1. The number of hydrogen-bond acceptors (Lipinski definition) is 3. The van der Waals surface area contributed by atoms with E-state index in [0.29, 0.717) is 0 Å². The van der Waals surface area contributed by atoms with Gasteiger partial charge in [0.15, 0.2) is 0 Å². The van der Waals surface area contributed by atoms with Crippen LogP contribution in [0.3, 0.4) is 0 Å². The molecule has 0 unspecified atom stereocenters. The molecular weight excluding hydrogens is 188 g/mol. The third-order valence-electron chi connectivity index (χ3n) is 2.22. The molecule has 2 heterocycles. The molecule has 15 heavy (non-hydrogen) atoms. The molecule has 0 radical (unpaired) electrons. The fraction of sp³-hybridized carbons (Fsp3) is 0.167. The van der Waals surface area contributed by atoms with E-state index in [1.54, 1.807) is 12.4 Å². The van der Waals surface area contributed by atoms with Crippen LogP contribution in [-0.4, -0.2) is 15.1 Å². The van der Waals surface area contributed by atoms with Crippen molar-refractivity contribution >= 4 is 0 Å². The average molecular weight is 200 g/mol. The van der Waals surface area contributed by atoms with Crippen LogP contribution in [0.25, 0.3) is 11.1 Å². The second kappa shape index (κ2) is 4.19. The topological polar surface area (TPSA) is 46.0 Å². The zero-order chi connectivity index (χ0) is 10.7. The second-order valence-electron chi connectivity index (χ2n) is 3.43. The number of pyridine rings is 2. The molecule has 0 aliphatic heterocycles.